The number of aryl methyl sites for hydroxylation is 1. The topological polar surface area (TPSA) is 48.1 Å². The lowest BCUT2D eigenvalue weighted by molar-refractivity contribution is 0.474. The second kappa shape index (κ2) is 4.49. The summed E-state index contributed by atoms with van der Waals surface area (Å²) in [5, 5.41) is 2.39. The molecule has 0 bridgehead atoms. The lowest BCUT2D eigenvalue weighted by atomic mass is 10.3. The lowest BCUT2D eigenvalue weighted by Gasteiger charge is -2.04. The summed E-state index contributed by atoms with van der Waals surface area (Å²) in [6, 6.07) is 4.02. The van der Waals surface area contributed by atoms with Gasteiger partial charge in [0, 0.05) is 11.4 Å². The van der Waals surface area contributed by atoms with Gasteiger partial charge in [0.25, 0.3) is 5.19 Å². The molecule has 0 radical (unpaired) electrons. The summed E-state index contributed by atoms with van der Waals surface area (Å²) in [4.78, 5) is 4.21. The average Bonchev–Trinajstić information content (AvgIpc) is 2.71. The van der Waals surface area contributed by atoms with E-state index in [4.69, 9.17) is 10.5 Å². The third-order valence-electron chi connectivity index (χ3n) is 2.07. The predicted molar refractivity (Wildman–Crippen MR) is 62.4 cm³/mol. The van der Waals surface area contributed by atoms with Crippen molar-refractivity contribution in [2.24, 2.45) is 0 Å². The van der Waals surface area contributed by atoms with Crippen LogP contribution in [0.25, 0.3) is 0 Å². The molecule has 3 nitrogen and oxygen atoms in total. The van der Waals surface area contributed by atoms with Crippen LogP contribution >= 0.6 is 11.3 Å². The fourth-order valence-electron chi connectivity index (χ4n) is 1.19. The van der Waals surface area contributed by atoms with Crippen LogP contribution in [0.1, 0.15) is 12.6 Å². The van der Waals surface area contributed by atoms with Gasteiger partial charge in [0.1, 0.15) is 5.82 Å². The average molecular weight is 238 g/mol. The van der Waals surface area contributed by atoms with Crippen LogP contribution in [0, 0.1) is 5.82 Å². The minimum absolute atomic E-state index is 0.303. The molecule has 5 heteroatoms. The van der Waals surface area contributed by atoms with Crippen LogP contribution in [0.3, 0.4) is 0 Å². The number of nitrogens with two attached hydrogens (primary N) is 1. The van der Waals surface area contributed by atoms with Crippen LogP contribution in [0.2, 0.25) is 0 Å². The van der Waals surface area contributed by atoms with E-state index >= 15 is 0 Å². The van der Waals surface area contributed by atoms with Crippen LogP contribution in [-0.2, 0) is 6.42 Å². The summed E-state index contributed by atoms with van der Waals surface area (Å²) in [5.74, 6) is -0.0755. The van der Waals surface area contributed by atoms with Crippen molar-refractivity contribution < 1.29 is 9.13 Å². The van der Waals surface area contributed by atoms with Crippen LogP contribution in [0.15, 0.2) is 23.6 Å². The molecule has 2 aromatic rings. The Kier molecular flexibility index (Phi) is 3.05. The van der Waals surface area contributed by atoms with Crippen molar-refractivity contribution in [2.45, 2.75) is 13.3 Å². The molecular weight excluding hydrogens is 227 g/mol. The highest BCUT2D eigenvalue weighted by molar-refractivity contribution is 7.11. The predicted octanol–water partition coefficient (Wildman–Crippen LogP) is 3.22. The number of nitrogens with zero attached hydrogens (tertiary/aromatic N) is 1. The van der Waals surface area contributed by atoms with Crippen LogP contribution in [0.5, 0.6) is 10.9 Å². The van der Waals surface area contributed by atoms with E-state index in [1.807, 2.05) is 12.3 Å². The Morgan fingerprint density at radius 2 is 2.31 bits per heavy atom. The van der Waals surface area contributed by atoms with E-state index in [9.17, 15) is 4.39 Å². The fourth-order valence-corrected chi connectivity index (χ4v) is 1.95. The molecule has 0 aliphatic rings. The number of aromatic nitrogens is 1. The van der Waals surface area contributed by atoms with E-state index in [2.05, 4.69) is 4.98 Å². The first-order valence-corrected chi connectivity index (χ1v) is 5.74. The monoisotopic (exact) mass is 238 g/mol. The Morgan fingerprint density at radius 1 is 1.50 bits per heavy atom. The molecule has 0 amide bonds. The Labute approximate surface area is 96.7 Å². The van der Waals surface area contributed by atoms with Gasteiger partial charge in [-0.05, 0) is 18.6 Å². The van der Waals surface area contributed by atoms with E-state index < -0.39 is 0 Å². The maximum absolute atomic E-state index is 13.0. The number of hydrogen-bond acceptors (Lipinski definition) is 4. The summed E-state index contributed by atoms with van der Waals surface area (Å²) in [7, 11) is 0. The first-order chi connectivity index (χ1) is 7.69. The molecule has 0 saturated heterocycles. The van der Waals surface area contributed by atoms with Gasteiger partial charge in [0.05, 0.1) is 11.4 Å². The molecule has 0 unspecified atom stereocenters. The molecule has 2 N–H and O–H groups in total. The zero-order valence-corrected chi connectivity index (χ0v) is 9.55. The van der Waals surface area contributed by atoms with Crippen molar-refractivity contribution >= 4 is 17.0 Å². The standard InChI is InChI=1S/C11H11FN2OS/c1-2-8-6-16-11(14-8)15-10-5-7(12)3-4-9(10)13/h3-6H,2,13H2,1H3. The van der Waals surface area contributed by atoms with Gasteiger partial charge in [0.15, 0.2) is 5.75 Å². The zero-order chi connectivity index (χ0) is 11.5. The normalized spacial score (nSPS) is 10.4. The summed E-state index contributed by atoms with van der Waals surface area (Å²) in [5.41, 5.74) is 7.01. The maximum Gasteiger partial charge on any atom is 0.278 e. The van der Waals surface area contributed by atoms with E-state index in [1.165, 1.54) is 29.5 Å². The van der Waals surface area contributed by atoms with Gasteiger partial charge in [-0.1, -0.05) is 18.3 Å². The van der Waals surface area contributed by atoms with Crippen molar-refractivity contribution in [3.05, 3.63) is 35.1 Å². The van der Waals surface area contributed by atoms with E-state index in [0.717, 1.165) is 12.1 Å². The number of hydrogen-bond donors (Lipinski definition) is 1. The minimum atomic E-state index is -0.378. The third kappa shape index (κ3) is 2.30. The van der Waals surface area contributed by atoms with Crippen molar-refractivity contribution in [3.8, 4) is 10.9 Å². The second-order valence-electron chi connectivity index (χ2n) is 3.24. The quantitative estimate of drug-likeness (QED) is 0.835. The highest BCUT2D eigenvalue weighted by Crippen LogP contribution is 2.30. The summed E-state index contributed by atoms with van der Waals surface area (Å²) in [6.45, 7) is 2.01. The Bertz CT molecular complexity index is 498. The molecule has 0 fully saturated rings. The summed E-state index contributed by atoms with van der Waals surface area (Å²) in [6.07, 6.45) is 0.846. The molecule has 0 atom stereocenters. The minimum Gasteiger partial charge on any atom is -0.429 e. The molecule has 1 aromatic carbocycles. The SMILES string of the molecule is CCc1csc(Oc2cc(F)ccc2N)n1. The Morgan fingerprint density at radius 3 is 3.00 bits per heavy atom. The molecule has 0 aliphatic carbocycles. The third-order valence-corrected chi connectivity index (χ3v) is 2.83. The Balaban J connectivity index is 2.22. The largest absolute Gasteiger partial charge is 0.429 e. The molecule has 84 valence electrons. The highest BCUT2D eigenvalue weighted by atomic mass is 32.1. The number of ether oxygens (including phenoxy) is 1. The molecule has 2 rings (SSSR count). The van der Waals surface area contributed by atoms with Gasteiger partial charge in [-0.15, -0.1) is 0 Å². The zero-order valence-electron chi connectivity index (χ0n) is 8.74. The first-order valence-electron chi connectivity index (χ1n) is 4.86. The molecule has 0 saturated carbocycles. The van der Waals surface area contributed by atoms with Crippen molar-refractivity contribution in [2.75, 3.05) is 5.73 Å². The van der Waals surface area contributed by atoms with Gasteiger partial charge >= 0.3 is 0 Å². The highest BCUT2D eigenvalue weighted by Gasteiger charge is 2.07. The van der Waals surface area contributed by atoms with Crippen molar-refractivity contribution in [3.63, 3.8) is 0 Å². The molecule has 1 heterocycles. The van der Waals surface area contributed by atoms with E-state index in [-0.39, 0.29) is 5.82 Å². The number of anilines is 1. The number of rotatable bonds is 3. The van der Waals surface area contributed by atoms with Crippen molar-refractivity contribution in [1.82, 2.24) is 4.98 Å². The summed E-state index contributed by atoms with van der Waals surface area (Å²) >= 11 is 1.37. The molecule has 0 spiro atoms. The number of thiazole rings is 1. The van der Waals surface area contributed by atoms with Crippen LogP contribution in [0.4, 0.5) is 10.1 Å². The van der Waals surface area contributed by atoms with Gasteiger partial charge < -0.3 is 10.5 Å². The van der Waals surface area contributed by atoms with E-state index in [0.29, 0.717) is 16.6 Å². The van der Waals surface area contributed by atoms with Crippen LogP contribution < -0.4 is 10.5 Å². The second-order valence-corrected chi connectivity index (χ2v) is 4.06. The van der Waals surface area contributed by atoms with E-state index in [1.54, 1.807) is 0 Å². The smallest absolute Gasteiger partial charge is 0.278 e. The van der Waals surface area contributed by atoms with Gasteiger partial charge in [-0.25, -0.2) is 9.37 Å². The summed E-state index contributed by atoms with van der Waals surface area (Å²) < 4.78 is 18.4. The van der Waals surface area contributed by atoms with Gasteiger partial charge in [-0.2, -0.15) is 0 Å². The molecule has 1 aromatic heterocycles. The number of benzene rings is 1. The molecular formula is C11H11FN2OS. The maximum atomic E-state index is 13.0. The molecule has 0 aliphatic heterocycles. The van der Waals surface area contributed by atoms with Crippen LogP contribution in [-0.4, -0.2) is 4.98 Å². The Hall–Kier alpha value is -1.62. The first kappa shape index (κ1) is 10.9. The number of halogens is 1. The molecule has 16 heavy (non-hydrogen) atoms. The number of nitrogen functional groups attached to an aromatic ring is 1. The van der Waals surface area contributed by atoms with Gasteiger partial charge in [-0.3, -0.25) is 0 Å². The van der Waals surface area contributed by atoms with Crippen molar-refractivity contribution in [1.29, 1.82) is 0 Å². The lowest BCUT2D eigenvalue weighted by Crippen LogP contribution is -1.92. The van der Waals surface area contributed by atoms with Gasteiger partial charge in [0.2, 0.25) is 0 Å². The fraction of sp³-hybridized carbons (Fsp3) is 0.182.